The molecule has 0 aliphatic heterocycles. The molecule has 2 N–H and O–H groups in total. The summed E-state index contributed by atoms with van der Waals surface area (Å²) in [5.41, 5.74) is 1.30. The van der Waals surface area contributed by atoms with Crippen molar-refractivity contribution in [3.05, 3.63) is 23.9 Å². The van der Waals surface area contributed by atoms with Gasteiger partial charge in [0.05, 0.1) is 12.1 Å². The second kappa shape index (κ2) is 11.6. The van der Waals surface area contributed by atoms with Crippen LogP contribution in [0.25, 0.3) is 0 Å². The zero-order valence-electron chi connectivity index (χ0n) is 21.7. The number of allylic oxidation sites excluding steroid dienone is 3. The summed E-state index contributed by atoms with van der Waals surface area (Å²) < 4.78 is 0. The molecule has 0 saturated heterocycles. The zero-order valence-corrected chi connectivity index (χ0v) is 21.7. The molecular formula is C30H50N2O. The lowest BCUT2D eigenvalue weighted by atomic mass is 9.72. The molecule has 0 aromatic carbocycles. The number of aliphatic imine (C=N–C) groups is 1. The molecule has 0 bridgehead atoms. The van der Waals surface area contributed by atoms with E-state index in [-0.39, 0.29) is 11.5 Å². The van der Waals surface area contributed by atoms with Crippen molar-refractivity contribution in [3.63, 3.8) is 0 Å². The van der Waals surface area contributed by atoms with Gasteiger partial charge in [-0.3, -0.25) is 4.99 Å². The lowest BCUT2D eigenvalue weighted by Crippen LogP contribution is -2.29. The third-order valence-corrected chi connectivity index (χ3v) is 9.73. The molecule has 0 heterocycles. The first-order valence-electron chi connectivity index (χ1n) is 14.4. The Morgan fingerprint density at radius 3 is 2.45 bits per heavy atom. The summed E-state index contributed by atoms with van der Waals surface area (Å²) in [5.74, 6) is 4.28. The fourth-order valence-electron chi connectivity index (χ4n) is 7.13. The van der Waals surface area contributed by atoms with E-state index in [1.807, 2.05) is 6.92 Å². The molecule has 5 unspecified atom stereocenters. The van der Waals surface area contributed by atoms with Gasteiger partial charge in [0.15, 0.2) is 0 Å². The van der Waals surface area contributed by atoms with E-state index in [1.165, 1.54) is 88.6 Å². The molecule has 3 heteroatoms. The fourth-order valence-corrected chi connectivity index (χ4v) is 7.13. The van der Waals surface area contributed by atoms with Gasteiger partial charge in [-0.25, -0.2) is 0 Å². The van der Waals surface area contributed by atoms with Gasteiger partial charge in [-0.2, -0.15) is 0 Å². The first kappa shape index (κ1) is 25.0. The summed E-state index contributed by atoms with van der Waals surface area (Å²) in [7, 11) is 0. The zero-order chi connectivity index (χ0) is 23.3. The van der Waals surface area contributed by atoms with Crippen LogP contribution in [-0.2, 0) is 0 Å². The predicted octanol–water partition coefficient (Wildman–Crippen LogP) is 7.56. The quantitative estimate of drug-likeness (QED) is 0.279. The lowest BCUT2D eigenvalue weighted by molar-refractivity contribution is 0.106. The first-order chi connectivity index (χ1) is 16.0. The van der Waals surface area contributed by atoms with Crippen molar-refractivity contribution in [2.45, 2.75) is 129 Å². The van der Waals surface area contributed by atoms with Crippen LogP contribution < -0.4 is 5.32 Å². The number of aliphatic hydroxyl groups is 1. The van der Waals surface area contributed by atoms with Crippen LogP contribution in [0.3, 0.4) is 0 Å². The van der Waals surface area contributed by atoms with E-state index in [2.05, 4.69) is 37.4 Å². The Hall–Kier alpha value is -1.09. The summed E-state index contributed by atoms with van der Waals surface area (Å²) >= 11 is 0. The molecule has 4 aliphatic carbocycles. The largest absolute Gasteiger partial charge is 0.393 e. The minimum atomic E-state index is -0.232. The van der Waals surface area contributed by atoms with Crippen molar-refractivity contribution in [2.75, 3.05) is 0 Å². The summed E-state index contributed by atoms with van der Waals surface area (Å²) in [6.07, 6.45) is 26.2. The molecule has 4 aliphatic rings. The minimum Gasteiger partial charge on any atom is -0.393 e. The average Bonchev–Trinajstić information content (AvgIpc) is 3.55. The van der Waals surface area contributed by atoms with E-state index in [9.17, 15) is 5.11 Å². The van der Waals surface area contributed by atoms with E-state index in [4.69, 9.17) is 4.99 Å². The van der Waals surface area contributed by atoms with Crippen LogP contribution in [0.5, 0.6) is 0 Å². The average molecular weight is 455 g/mol. The van der Waals surface area contributed by atoms with Crippen LogP contribution in [0.2, 0.25) is 0 Å². The number of rotatable bonds is 9. The summed E-state index contributed by atoms with van der Waals surface area (Å²) in [5, 5.41) is 14.1. The van der Waals surface area contributed by atoms with Crippen molar-refractivity contribution in [2.24, 2.45) is 34.1 Å². The number of amidine groups is 1. The molecule has 3 saturated carbocycles. The van der Waals surface area contributed by atoms with Gasteiger partial charge in [0.25, 0.3) is 0 Å². The standard InChI is InChI=1S/C30H50N2O/c1-4-22(2)28(24-12-7-5-8-13-24)17-18-29(31-26-14-9-6-10-15-26)32-27-16-11-19-30(23(3)33)21-25(30)20-27/h11,16,20,22-26,28,33H,4-10,12-15,17-19,21H2,1-3H3,(H,31,32). The number of fused-ring (bicyclic) bond motifs is 1. The Morgan fingerprint density at radius 1 is 1.09 bits per heavy atom. The van der Waals surface area contributed by atoms with E-state index in [1.54, 1.807) is 0 Å². The van der Waals surface area contributed by atoms with Gasteiger partial charge in [0, 0.05) is 17.5 Å². The van der Waals surface area contributed by atoms with E-state index < -0.39 is 0 Å². The van der Waals surface area contributed by atoms with Crippen LogP contribution >= 0.6 is 0 Å². The van der Waals surface area contributed by atoms with E-state index >= 15 is 0 Å². The van der Waals surface area contributed by atoms with Crippen molar-refractivity contribution < 1.29 is 5.11 Å². The Bertz CT molecular complexity index is 711. The highest BCUT2D eigenvalue weighted by molar-refractivity contribution is 5.84. The highest BCUT2D eigenvalue weighted by Crippen LogP contribution is 2.59. The van der Waals surface area contributed by atoms with Crippen molar-refractivity contribution >= 4 is 5.84 Å². The maximum Gasteiger partial charge on any atom is 0.101 e. The van der Waals surface area contributed by atoms with Gasteiger partial charge in [0.2, 0.25) is 0 Å². The third kappa shape index (κ3) is 6.32. The molecule has 4 rings (SSSR count). The number of hydrogen-bond acceptors (Lipinski definition) is 2. The topological polar surface area (TPSA) is 44.6 Å². The maximum atomic E-state index is 10.3. The van der Waals surface area contributed by atoms with Gasteiger partial charge in [0.1, 0.15) is 5.84 Å². The number of nitrogens with one attached hydrogen (secondary N) is 1. The second-order valence-corrected chi connectivity index (χ2v) is 11.9. The molecule has 0 aromatic rings. The molecule has 3 nitrogen and oxygen atoms in total. The second-order valence-electron chi connectivity index (χ2n) is 11.9. The van der Waals surface area contributed by atoms with Crippen molar-refractivity contribution in [1.29, 1.82) is 0 Å². The summed E-state index contributed by atoms with van der Waals surface area (Å²) in [4.78, 5) is 5.34. The summed E-state index contributed by atoms with van der Waals surface area (Å²) in [6, 6.07) is 0.505. The minimum absolute atomic E-state index is 0.0865. The number of hydrogen-bond donors (Lipinski definition) is 2. The molecule has 0 amide bonds. The van der Waals surface area contributed by atoms with Crippen LogP contribution in [0.15, 0.2) is 28.9 Å². The molecule has 186 valence electrons. The van der Waals surface area contributed by atoms with Crippen LogP contribution in [0.4, 0.5) is 0 Å². The number of nitrogens with zero attached hydrogens (tertiary/aromatic N) is 1. The molecule has 3 fully saturated rings. The van der Waals surface area contributed by atoms with Crippen LogP contribution in [-0.4, -0.2) is 23.1 Å². The van der Waals surface area contributed by atoms with Gasteiger partial charge < -0.3 is 10.4 Å². The Morgan fingerprint density at radius 2 is 1.79 bits per heavy atom. The van der Waals surface area contributed by atoms with E-state index in [0.717, 1.165) is 37.0 Å². The van der Waals surface area contributed by atoms with E-state index in [0.29, 0.717) is 12.0 Å². The molecular weight excluding hydrogens is 404 g/mol. The molecule has 0 radical (unpaired) electrons. The van der Waals surface area contributed by atoms with Gasteiger partial charge >= 0.3 is 0 Å². The van der Waals surface area contributed by atoms with Crippen LogP contribution in [0, 0.1) is 29.1 Å². The van der Waals surface area contributed by atoms with Crippen LogP contribution in [0.1, 0.15) is 117 Å². The predicted molar refractivity (Wildman–Crippen MR) is 140 cm³/mol. The molecule has 0 aromatic heterocycles. The Kier molecular flexibility index (Phi) is 8.76. The lowest BCUT2D eigenvalue weighted by Gasteiger charge is -2.34. The highest BCUT2D eigenvalue weighted by Gasteiger charge is 2.55. The maximum absolute atomic E-state index is 10.3. The molecule has 0 spiro atoms. The third-order valence-electron chi connectivity index (χ3n) is 9.73. The van der Waals surface area contributed by atoms with Crippen molar-refractivity contribution in [3.8, 4) is 0 Å². The smallest absolute Gasteiger partial charge is 0.101 e. The number of aliphatic hydroxyl groups excluding tert-OH is 1. The Labute approximate surface area is 203 Å². The van der Waals surface area contributed by atoms with Gasteiger partial charge in [-0.05, 0) is 68.8 Å². The monoisotopic (exact) mass is 454 g/mol. The van der Waals surface area contributed by atoms with Gasteiger partial charge in [-0.1, -0.05) is 83.8 Å². The Balaban J connectivity index is 1.46. The summed E-state index contributed by atoms with van der Waals surface area (Å²) in [6.45, 7) is 6.83. The SMILES string of the molecule is CCC(C)C(CCC(=NC1CCCCC1)NC1=CC2CC2(C(C)O)CC=C1)C1CCCCC1. The molecule has 33 heavy (non-hydrogen) atoms. The highest BCUT2D eigenvalue weighted by atomic mass is 16.3. The van der Waals surface area contributed by atoms with Crippen molar-refractivity contribution in [1.82, 2.24) is 5.32 Å². The normalized spacial score (nSPS) is 31.8. The fraction of sp³-hybridized carbons (Fsp3) is 0.833. The molecule has 5 atom stereocenters. The van der Waals surface area contributed by atoms with Gasteiger partial charge in [-0.15, -0.1) is 0 Å². The first-order valence-corrected chi connectivity index (χ1v) is 14.4.